The van der Waals surface area contributed by atoms with Gasteiger partial charge in [-0.25, -0.2) is 13.6 Å². The molecule has 0 aliphatic carbocycles. The number of carbonyl (C=O) groups excluding carboxylic acids is 1. The van der Waals surface area contributed by atoms with Crippen LogP contribution in [0.1, 0.15) is 47.7 Å². The molecule has 3 aromatic carbocycles. The van der Waals surface area contributed by atoms with Crippen LogP contribution in [0.4, 0.5) is 8.78 Å². The van der Waals surface area contributed by atoms with Crippen LogP contribution in [0.5, 0.6) is 5.75 Å². The van der Waals surface area contributed by atoms with Gasteiger partial charge >= 0.3 is 5.97 Å². The molecule has 0 fully saturated rings. The van der Waals surface area contributed by atoms with Gasteiger partial charge in [-0.15, -0.1) is 0 Å². The van der Waals surface area contributed by atoms with Crippen LogP contribution >= 0.6 is 0 Å². The molecule has 0 amide bonds. The molecule has 0 atom stereocenters. The third kappa shape index (κ3) is 5.09. The first-order chi connectivity index (χ1) is 14.5. The number of benzene rings is 3. The maximum absolute atomic E-state index is 14.6. The number of hydrogen-bond acceptors (Lipinski definition) is 3. The average molecular weight is 405 g/mol. The Morgan fingerprint density at radius 3 is 2.30 bits per heavy atom. The summed E-state index contributed by atoms with van der Waals surface area (Å²) in [6.07, 6.45) is 4.53. The third-order valence-electron chi connectivity index (χ3n) is 4.82. The molecule has 5 heteroatoms. The number of rotatable bonds is 7. The molecule has 152 valence electrons. The van der Waals surface area contributed by atoms with E-state index in [9.17, 15) is 13.6 Å². The van der Waals surface area contributed by atoms with E-state index in [0.29, 0.717) is 5.56 Å². The van der Waals surface area contributed by atoms with E-state index in [1.807, 2.05) is 24.3 Å². The van der Waals surface area contributed by atoms with E-state index in [4.69, 9.17) is 10.00 Å². The number of nitriles is 1. The van der Waals surface area contributed by atoms with Gasteiger partial charge in [-0.05, 0) is 53.8 Å². The molecule has 0 aliphatic rings. The van der Waals surface area contributed by atoms with Crippen LogP contribution in [0.25, 0.3) is 11.1 Å². The molecule has 0 aliphatic heterocycles. The van der Waals surface area contributed by atoms with Crippen molar-refractivity contribution < 1.29 is 18.3 Å². The van der Waals surface area contributed by atoms with Crippen molar-refractivity contribution in [3.63, 3.8) is 0 Å². The standard InChI is InChI=1S/C25H21F2NO2/c1-2-3-4-5-17-6-8-18(9-7-17)19-11-13-22(24(27)14-19)25(29)30-21-12-10-20(16-28)23(26)15-21/h6-15H,2-5H2,1H3. The van der Waals surface area contributed by atoms with E-state index in [-0.39, 0.29) is 16.9 Å². The zero-order valence-corrected chi connectivity index (χ0v) is 16.6. The van der Waals surface area contributed by atoms with Gasteiger partial charge < -0.3 is 4.74 Å². The smallest absolute Gasteiger partial charge is 0.346 e. The van der Waals surface area contributed by atoms with E-state index < -0.39 is 17.6 Å². The zero-order valence-electron chi connectivity index (χ0n) is 16.6. The van der Waals surface area contributed by atoms with Gasteiger partial charge in [0.05, 0.1) is 11.1 Å². The topological polar surface area (TPSA) is 50.1 Å². The Hall–Kier alpha value is -3.52. The summed E-state index contributed by atoms with van der Waals surface area (Å²) in [7, 11) is 0. The minimum absolute atomic E-state index is 0.0985. The van der Waals surface area contributed by atoms with Gasteiger partial charge in [0.25, 0.3) is 0 Å². The molecule has 30 heavy (non-hydrogen) atoms. The van der Waals surface area contributed by atoms with Crippen molar-refractivity contribution in [1.82, 2.24) is 0 Å². The molecule has 0 aromatic heterocycles. The Morgan fingerprint density at radius 2 is 1.67 bits per heavy atom. The second-order valence-corrected chi connectivity index (χ2v) is 6.99. The van der Waals surface area contributed by atoms with Crippen molar-refractivity contribution in [2.24, 2.45) is 0 Å². The number of esters is 1. The van der Waals surface area contributed by atoms with Crippen LogP contribution in [0.2, 0.25) is 0 Å². The number of carbonyl (C=O) groups is 1. The summed E-state index contributed by atoms with van der Waals surface area (Å²) in [5.41, 5.74) is 2.32. The van der Waals surface area contributed by atoms with Gasteiger partial charge in [0, 0.05) is 6.07 Å². The fourth-order valence-electron chi connectivity index (χ4n) is 3.12. The summed E-state index contributed by atoms with van der Waals surface area (Å²) < 4.78 is 33.2. The summed E-state index contributed by atoms with van der Waals surface area (Å²) in [6.45, 7) is 2.17. The molecule has 0 N–H and O–H groups in total. The first-order valence-corrected chi connectivity index (χ1v) is 9.82. The van der Waals surface area contributed by atoms with E-state index >= 15 is 0 Å². The molecule has 3 nitrogen and oxygen atoms in total. The third-order valence-corrected chi connectivity index (χ3v) is 4.82. The first-order valence-electron chi connectivity index (χ1n) is 9.82. The maximum Gasteiger partial charge on any atom is 0.346 e. The quantitative estimate of drug-likeness (QED) is 0.258. The van der Waals surface area contributed by atoms with Crippen LogP contribution in [0, 0.1) is 23.0 Å². The van der Waals surface area contributed by atoms with Gasteiger partial charge in [0.1, 0.15) is 23.5 Å². The van der Waals surface area contributed by atoms with Crippen molar-refractivity contribution in [3.05, 3.63) is 89.0 Å². The van der Waals surface area contributed by atoms with Crippen molar-refractivity contribution >= 4 is 5.97 Å². The van der Waals surface area contributed by atoms with Crippen LogP contribution in [0.3, 0.4) is 0 Å². The highest BCUT2D eigenvalue weighted by molar-refractivity contribution is 5.92. The number of ether oxygens (including phenoxy) is 1. The Bertz CT molecular complexity index is 1090. The highest BCUT2D eigenvalue weighted by Gasteiger charge is 2.16. The van der Waals surface area contributed by atoms with E-state index in [0.717, 1.165) is 24.5 Å². The molecule has 3 rings (SSSR count). The summed E-state index contributed by atoms with van der Waals surface area (Å²) in [4.78, 5) is 12.3. The number of nitrogens with zero attached hydrogens (tertiary/aromatic N) is 1. The summed E-state index contributed by atoms with van der Waals surface area (Å²) >= 11 is 0. The van der Waals surface area contributed by atoms with Crippen LogP contribution in [-0.2, 0) is 6.42 Å². The molecule has 0 heterocycles. The van der Waals surface area contributed by atoms with Crippen LogP contribution < -0.4 is 4.74 Å². The number of hydrogen-bond donors (Lipinski definition) is 0. The fourth-order valence-corrected chi connectivity index (χ4v) is 3.12. The fraction of sp³-hybridized carbons (Fsp3) is 0.200. The van der Waals surface area contributed by atoms with Crippen molar-refractivity contribution in [2.75, 3.05) is 0 Å². The van der Waals surface area contributed by atoms with Crippen LogP contribution in [0.15, 0.2) is 60.7 Å². The molecule has 3 aromatic rings. The van der Waals surface area contributed by atoms with Crippen molar-refractivity contribution in [3.8, 4) is 22.9 Å². The van der Waals surface area contributed by atoms with Crippen LogP contribution in [-0.4, -0.2) is 5.97 Å². The molecule has 0 bridgehead atoms. The van der Waals surface area contributed by atoms with E-state index in [1.165, 1.54) is 42.7 Å². The molecule has 0 unspecified atom stereocenters. The summed E-state index contributed by atoms with van der Waals surface area (Å²) in [6, 6.07) is 17.3. The highest BCUT2D eigenvalue weighted by Crippen LogP contribution is 2.24. The largest absolute Gasteiger partial charge is 0.423 e. The Morgan fingerprint density at radius 1 is 0.933 bits per heavy atom. The Labute approximate surface area is 174 Å². The van der Waals surface area contributed by atoms with Crippen molar-refractivity contribution in [2.45, 2.75) is 32.6 Å². The average Bonchev–Trinajstić information content (AvgIpc) is 2.74. The minimum Gasteiger partial charge on any atom is -0.423 e. The molecule has 0 saturated carbocycles. The van der Waals surface area contributed by atoms with E-state index in [2.05, 4.69) is 6.92 Å². The van der Waals surface area contributed by atoms with Gasteiger partial charge in [-0.3, -0.25) is 0 Å². The number of unbranched alkanes of at least 4 members (excludes halogenated alkanes) is 2. The molecular formula is C25H21F2NO2. The highest BCUT2D eigenvalue weighted by atomic mass is 19.1. The second-order valence-electron chi connectivity index (χ2n) is 6.99. The monoisotopic (exact) mass is 405 g/mol. The Balaban J connectivity index is 1.72. The summed E-state index contributed by atoms with van der Waals surface area (Å²) in [5, 5.41) is 8.74. The maximum atomic E-state index is 14.6. The lowest BCUT2D eigenvalue weighted by atomic mass is 10.00. The number of aryl methyl sites for hydroxylation is 1. The normalized spacial score (nSPS) is 10.5. The predicted molar refractivity (Wildman–Crippen MR) is 111 cm³/mol. The van der Waals surface area contributed by atoms with E-state index in [1.54, 1.807) is 12.1 Å². The SMILES string of the molecule is CCCCCc1ccc(-c2ccc(C(=O)Oc3ccc(C#N)c(F)c3)c(F)c2)cc1. The van der Waals surface area contributed by atoms with Gasteiger partial charge in [-0.2, -0.15) is 5.26 Å². The zero-order chi connectivity index (χ0) is 21.5. The first kappa shape index (κ1) is 21.2. The molecular weight excluding hydrogens is 384 g/mol. The molecule has 0 saturated heterocycles. The minimum atomic E-state index is -0.936. The molecule has 0 spiro atoms. The lowest BCUT2D eigenvalue weighted by molar-refractivity contribution is 0.0729. The molecule has 0 radical (unpaired) electrons. The van der Waals surface area contributed by atoms with Gasteiger partial charge in [-0.1, -0.05) is 50.1 Å². The van der Waals surface area contributed by atoms with Crippen molar-refractivity contribution in [1.29, 1.82) is 5.26 Å². The van der Waals surface area contributed by atoms with Gasteiger partial charge in [0.2, 0.25) is 0 Å². The lowest BCUT2D eigenvalue weighted by Gasteiger charge is -2.08. The second kappa shape index (κ2) is 9.80. The summed E-state index contributed by atoms with van der Waals surface area (Å²) in [5.74, 6) is -2.57. The number of halogens is 2. The Kier molecular flexibility index (Phi) is 6.92. The predicted octanol–water partition coefficient (Wildman–Crippen LogP) is 6.46. The van der Waals surface area contributed by atoms with Gasteiger partial charge in [0.15, 0.2) is 0 Å². The lowest BCUT2D eigenvalue weighted by Crippen LogP contribution is -2.11.